The highest BCUT2D eigenvalue weighted by atomic mass is 32.2. The van der Waals surface area contributed by atoms with Crippen molar-refractivity contribution in [3.8, 4) is 6.07 Å². The summed E-state index contributed by atoms with van der Waals surface area (Å²) in [7, 11) is 0. The number of carbonyl (C=O) groups excluding carboxylic acids is 1. The van der Waals surface area contributed by atoms with Crippen molar-refractivity contribution in [2.45, 2.75) is 38.8 Å². The van der Waals surface area contributed by atoms with Gasteiger partial charge in [0.15, 0.2) is 0 Å². The molecule has 7 heteroatoms. The molecule has 1 rings (SSSR count). The lowest BCUT2D eigenvalue weighted by molar-refractivity contribution is -0.119. The maximum atomic E-state index is 11.8. The van der Waals surface area contributed by atoms with E-state index in [0.29, 0.717) is 22.2 Å². The number of nitrogens with zero attached hydrogens (tertiary/aromatic N) is 2. The highest BCUT2D eigenvalue weighted by Crippen LogP contribution is 2.19. The van der Waals surface area contributed by atoms with Gasteiger partial charge in [-0.15, -0.1) is 0 Å². The van der Waals surface area contributed by atoms with Crippen molar-refractivity contribution in [3.63, 3.8) is 0 Å². The fourth-order valence-corrected chi connectivity index (χ4v) is 2.23. The van der Waals surface area contributed by atoms with E-state index in [1.165, 1.54) is 0 Å². The topological polar surface area (TPSA) is 98.6 Å². The molecule has 0 saturated heterocycles. The molecule has 20 heavy (non-hydrogen) atoms. The van der Waals surface area contributed by atoms with Gasteiger partial charge in [-0.3, -0.25) is 4.79 Å². The van der Waals surface area contributed by atoms with E-state index in [1.54, 1.807) is 6.92 Å². The quantitative estimate of drug-likeness (QED) is 0.628. The summed E-state index contributed by atoms with van der Waals surface area (Å²) in [5.74, 6) is 0.333. The van der Waals surface area contributed by atoms with Gasteiger partial charge in [-0.05, 0) is 19.8 Å². The number of hydrogen-bond acceptors (Lipinski definition) is 5. The second kappa shape index (κ2) is 7.10. The first-order valence-electron chi connectivity index (χ1n) is 6.28. The third-order valence-electron chi connectivity index (χ3n) is 2.93. The number of aromatic amines is 1. The summed E-state index contributed by atoms with van der Waals surface area (Å²) in [6.45, 7) is 7.61. The monoisotopic (exact) mass is 294 g/mol. The van der Waals surface area contributed by atoms with Gasteiger partial charge in [0.25, 0.3) is 0 Å². The third kappa shape index (κ3) is 4.38. The van der Waals surface area contributed by atoms with E-state index < -0.39 is 5.69 Å². The van der Waals surface area contributed by atoms with E-state index in [9.17, 15) is 9.59 Å². The summed E-state index contributed by atoms with van der Waals surface area (Å²) in [5, 5.41) is 12.2. The van der Waals surface area contributed by atoms with Crippen LogP contribution in [0, 0.1) is 24.2 Å². The van der Waals surface area contributed by atoms with E-state index >= 15 is 0 Å². The maximum Gasteiger partial charge on any atom is 0.346 e. The van der Waals surface area contributed by atoms with Gasteiger partial charge < -0.3 is 10.3 Å². The predicted molar refractivity (Wildman–Crippen MR) is 77.5 cm³/mol. The second-order valence-corrected chi connectivity index (χ2v) is 5.81. The molecule has 0 spiro atoms. The van der Waals surface area contributed by atoms with Crippen LogP contribution in [0.15, 0.2) is 9.82 Å². The number of aryl methyl sites for hydroxylation is 1. The highest BCUT2D eigenvalue weighted by molar-refractivity contribution is 8.00. The Bertz CT molecular complexity index is 589. The fraction of sp³-hybridized carbons (Fsp3) is 0.538. The van der Waals surface area contributed by atoms with Crippen LogP contribution >= 0.6 is 11.8 Å². The molecule has 0 radical (unpaired) electrons. The molecular formula is C13H18N4O2S. The predicted octanol–water partition coefficient (Wildman–Crippen LogP) is 1.20. The SMILES string of the molecule is Cc1[nH]c(=O)nc(SCC(=O)N[C@@H](C)C(C)C)c1C#N. The minimum atomic E-state index is -0.514. The first-order chi connectivity index (χ1) is 9.35. The van der Waals surface area contributed by atoms with E-state index in [4.69, 9.17) is 5.26 Å². The van der Waals surface area contributed by atoms with Crippen molar-refractivity contribution in [1.29, 1.82) is 5.26 Å². The van der Waals surface area contributed by atoms with Crippen LogP contribution in [-0.2, 0) is 4.79 Å². The number of hydrogen-bond donors (Lipinski definition) is 2. The van der Waals surface area contributed by atoms with Crippen molar-refractivity contribution in [2.75, 3.05) is 5.75 Å². The number of carbonyl (C=O) groups is 1. The maximum absolute atomic E-state index is 11.8. The Kier molecular flexibility index (Phi) is 5.77. The van der Waals surface area contributed by atoms with Gasteiger partial charge in [0.2, 0.25) is 5.91 Å². The van der Waals surface area contributed by atoms with Gasteiger partial charge in [-0.1, -0.05) is 25.6 Å². The molecule has 0 saturated carbocycles. The largest absolute Gasteiger partial charge is 0.353 e. The first-order valence-corrected chi connectivity index (χ1v) is 7.27. The Balaban J connectivity index is 2.74. The summed E-state index contributed by atoms with van der Waals surface area (Å²) in [6.07, 6.45) is 0. The van der Waals surface area contributed by atoms with Crippen LogP contribution in [0.25, 0.3) is 0 Å². The zero-order valence-corrected chi connectivity index (χ0v) is 12.8. The number of rotatable bonds is 5. The Morgan fingerprint density at radius 2 is 2.15 bits per heavy atom. The second-order valence-electron chi connectivity index (χ2n) is 4.85. The number of thioether (sulfide) groups is 1. The lowest BCUT2D eigenvalue weighted by Crippen LogP contribution is -2.37. The molecule has 1 heterocycles. The van der Waals surface area contributed by atoms with Crippen LogP contribution in [0.5, 0.6) is 0 Å². The number of amides is 1. The average molecular weight is 294 g/mol. The van der Waals surface area contributed by atoms with Crippen molar-refractivity contribution in [2.24, 2.45) is 5.92 Å². The standard InChI is InChI=1S/C13H18N4O2S/c1-7(2)8(3)15-11(18)6-20-12-10(5-14)9(4)16-13(19)17-12/h7-8H,6H2,1-4H3,(H,15,18)(H,16,17,19)/t8-/m0/s1. The Hall–Kier alpha value is -1.81. The smallest absolute Gasteiger partial charge is 0.346 e. The summed E-state index contributed by atoms with van der Waals surface area (Å²) in [5.41, 5.74) is 0.255. The lowest BCUT2D eigenvalue weighted by Gasteiger charge is -2.17. The molecule has 1 amide bonds. The van der Waals surface area contributed by atoms with Crippen molar-refractivity contribution in [3.05, 3.63) is 21.7 Å². The molecule has 6 nitrogen and oxygen atoms in total. The van der Waals surface area contributed by atoms with Crippen molar-refractivity contribution in [1.82, 2.24) is 15.3 Å². The molecule has 2 N–H and O–H groups in total. The van der Waals surface area contributed by atoms with Gasteiger partial charge in [-0.25, -0.2) is 4.79 Å². The Morgan fingerprint density at radius 3 is 2.70 bits per heavy atom. The van der Waals surface area contributed by atoms with E-state index in [2.05, 4.69) is 15.3 Å². The highest BCUT2D eigenvalue weighted by Gasteiger charge is 2.14. The molecule has 1 atom stereocenters. The molecule has 0 bridgehead atoms. The summed E-state index contributed by atoms with van der Waals surface area (Å²) < 4.78 is 0. The van der Waals surface area contributed by atoms with E-state index in [1.807, 2.05) is 26.8 Å². The van der Waals surface area contributed by atoms with Gasteiger partial charge >= 0.3 is 5.69 Å². The molecule has 108 valence electrons. The molecule has 1 aromatic rings. The van der Waals surface area contributed by atoms with Crippen LogP contribution < -0.4 is 11.0 Å². The average Bonchev–Trinajstić information content (AvgIpc) is 2.35. The molecule has 0 unspecified atom stereocenters. The molecule has 1 aromatic heterocycles. The summed E-state index contributed by atoms with van der Waals surface area (Å²) in [4.78, 5) is 29.3. The van der Waals surface area contributed by atoms with Crippen molar-refractivity contribution < 1.29 is 4.79 Å². The molecular weight excluding hydrogens is 276 g/mol. The van der Waals surface area contributed by atoms with Gasteiger partial charge in [0.1, 0.15) is 16.7 Å². The van der Waals surface area contributed by atoms with Crippen LogP contribution in [0.3, 0.4) is 0 Å². The van der Waals surface area contributed by atoms with E-state index in [-0.39, 0.29) is 17.7 Å². The molecule has 0 fully saturated rings. The number of aromatic nitrogens is 2. The van der Waals surface area contributed by atoms with E-state index in [0.717, 1.165) is 11.8 Å². The summed E-state index contributed by atoms with van der Waals surface area (Å²) >= 11 is 1.10. The number of nitriles is 1. The fourth-order valence-electron chi connectivity index (χ4n) is 1.39. The van der Waals surface area contributed by atoms with Crippen LogP contribution in [0.4, 0.5) is 0 Å². The zero-order chi connectivity index (χ0) is 15.3. The zero-order valence-electron chi connectivity index (χ0n) is 12.0. The van der Waals surface area contributed by atoms with Crippen molar-refractivity contribution >= 4 is 17.7 Å². The third-order valence-corrected chi connectivity index (χ3v) is 3.90. The van der Waals surface area contributed by atoms with Gasteiger partial charge in [0, 0.05) is 11.7 Å². The van der Waals surface area contributed by atoms with Gasteiger partial charge in [0.05, 0.1) is 5.75 Å². The van der Waals surface area contributed by atoms with Crippen LogP contribution in [-0.4, -0.2) is 27.7 Å². The molecule has 0 aliphatic rings. The molecule has 0 aliphatic carbocycles. The lowest BCUT2D eigenvalue weighted by atomic mass is 10.1. The molecule has 0 aromatic carbocycles. The van der Waals surface area contributed by atoms with Crippen LogP contribution in [0.2, 0.25) is 0 Å². The number of H-pyrrole nitrogens is 1. The number of nitrogens with one attached hydrogen (secondary N) is 2. The normalized spacial score (nSPS) is 12.0. The minimum absolute atomic E-state index is 0.0763. The Labute approximate surface area is 122 Å². The summed E-state index contributed by atoms with van der Waals surface area (Å²) in [6, 6.07) is 2.06. The first kappa shape index (κ1) is 16.2. The van der Waals surface area contributed by atoms with Gasteiger partial charge in [-0.2, -0.15) is 10.2 Å². The molecule has 0 aliphatic heterocycles. The minimum Gasteiger partial charge on any atom is -0.353 e. The van der Waals surface area contributed by atoms with Crippen LogP contribution in [0.1, 0.15) is 32.0 Å². The Morgan fingerprint density at radius 1 is 1.50 bits per heavy atom.